The number of aliphatic hydroxyl groups is 1. The fourth-order valence-electron chi connectivity index (χ4n) is 4.91. The number of carbonyl (C=O) groups is 3. The lowest BCUT2D eigenvalue weighted by atomic mass is 9.95. The molecule has 0 unspecified atom stereocenters. The number of urea groups is 1. The van der Waals surface area contributed by atoms with Gasteiger partial charge in [-0.05, 0) is 60.7 Å². The molecular weight excluding hydrogens is 506 g/mol. The van der Waals surface area contributed by atoms with E-state index in [4.69, 9.17) is 0 Å². The summed E-state index contributed by atoms with van der Waals surface area (Å²) in [5.74, 6) is 0.744. The molecule has 0 spiro atoms. The third-order valence-electron chi connectivity index (χ3n) is 7.06. The molecule has 0 saturated heterocycles. The maximum atomic E-state index is 13.5. The van der Waals surface area contributed by atoms with Gasteiger partial charge in [-0.1, -0.05) is 26.0 Å². The quantitative estimate of drug-likeness (QED) is 0.415. The van der Waals surface area contributed by atoms with E-state index < -0.39 is 0 Å². The van der Waals surface area contributed by atoms with Gasteiger partial charge in [0, 0.05) is 69.6 Å². The standard InChI is InChI=1S/C31H41N5O4/c1-7-11-36(12-8-2)30(39)25-16-26-21(3)15-24(17-27(26)33-29(19-25)32-4)22-9-10-23(20-38)28(18-22)35(6)31(40)34(5)13-14-37/h9-10,15-18,20,37H,7-8,11-14,19H2,1-6H3,(H,32,33). The van der Waals surface area contributed by atoms with Gasteiger partial charge in [0.05, 0.1) is 12.3 Å². The van der Waals surface area contributed by atoms with Crippen LogP contribution in [0.15, 0.2) is 40.9 Å². The van der Waals surface area contributed by atoms with Crippen LogP contribution in [0.3, 0.4) is 0 Å². The van der Waals surface area contributed by atoms with Gasteiger partial charge in [-0.2, -0.15) is 0 Å². The van der Waals surface area contributed by atoms with Crippen molar-refractivity contribution in [3.63, 3.8) is 0 Å². The van der Waals surface area contributed by atoms with E-state index in [9.17, 15) is 19.5 Å². The number of hydrogen-bond donors (Lipinski definition) is 2. The van der Waals surface area contributed by atoms with Gasteiger partial charge in [-0.25, -0.2) is 4.79 Å². The number of nitrogens with one attached hydrogen (secondary N) is 1. The highest BCUT2D eigenvalue weighted by Crippen LogP contribution is 2.35. The molecule has 0 atom stereocenters. The van der Waals surface area contributed by atoms with Crippen LogP contribution < -0.4 is 10.2 Å². The average Bonchev–Trinajstić information content (AvgIpc) is 3.15. The van der Waals surface area contributed by atoms with Gasteiger partial charge in [-0.15, -0.1) is 0 Å². The SMILES string of the molecule is CCCN(CCC)C(=O)C1=Cc2c(C)cc(-c3ccc(C=O)c(N(C)C(=O)N(C)CCO)c3)cc2NC(=NC)C1. The predicted octanol–water partition coefficient (Wildman–Crippen LogP) is 4.83. The number of amidine groups is 1. The third kappa shape index (κ3) is 6.77. The Morgan fingerprint density at radius 3 is 2.35 bits per heavy atom. The van der Waals surface area contributed by atoms with E-state index >= 15 is 0 Å². The van der Waals surface area contributed by atoms with Crippen LogP contribution in [-0.2, 0) is 4.79 Å². The number of rotatable bonds is 10. The number of amides is 3. The van der Waals surface area contributed by atoms with Crippen LogP contribution in [0.1, 0.15) is 54.6 Å². The van der Waals surface area contributed by atoms with E-state index in [0.29, 0.717) is 42.2 Å². The minimum absolute atomic E-state index is 0.0379. The maximum Gasteiger partial charge on any atom is 0.324 e. The molecule has 0 fully saturated rings. The lowest BCUT2D eigenvalue weighted by Crippen LogP contribution is -2.40. The summed E-state index contributed by atoms with van der Waals surface area (Å²) in [6.07, 6.45) is 4.91. The van der Waals surface area contributed by atoms with E-state index in [1.807, 2.05) is 42.2 Å². The lowest BCUT2D eigenvalue weighted by molar-refractivity contribution is -0.127. The van der Waals surface area contributed by atoms with Crippen LogP contribution in [0.4, 0.5) is 16.2 Å². The molecule has 0 radical (unpaired) electrons. The van der Waals surface area contributed by atoms with Crippen LogP contribution in [0, 0.1) is 6.92 Å². The Hall–Kier alpha value is -3.98. The molecule has 2 aromatic carbocycles. The van der Waals surface area contributed by atoms with Gasteiger partial charge in [0.25, 0.3) is 0 Å². The van der Waals surface area contributed by atoms with Crippen LogP contribution in [0.25, 0.3) is 17.2 Å². The first-order valence-electron chi connectivity index (χ1n) is 13.7. The summed E-state index contributed by atoms with van der Waals surface area (Å²) < 4.78 is 0. The Balaban J connectivity index is 2.07. The number of aryl methyl sites for hydroxylation is 1. The first-order valence-corrected chi connectivity index (χ1v) is 13.7. The minimum Gasteiger partial charge on any atom is -0.395 e. The fourth-order valence-corrected chi connectivity index (χ4v) is 4.91. The summed E-state index contributed by atoms with van der Waals surface area (Å²) in [5, 5.41) is 12.7. The number of hydrogen-bond acceptors (Lipinski definition) is 5. The molecule has 2 N–H and O–H groups in total. The van der Waals surface area contributed by atoms with Gasteiger partial charge in [-0.3, -0.25) is 19.5 Å². The fraction of sp³-hybridized carbons (Fsp3) is 0.419. The van der Waals surface area contributed by atoms with Gasteiger partial charge in [0.15, 0.2) is 6.29 Å². The first-order chi connectivity index (χ1) is 19.2. The summed E-state index contributed by atoms with van der Waals surface area (Å²) in [5.41, 5.74) is 6.03. The van der Waals surface area contributed by atoms with Crippen molar-refractivity contribution in [2.75, 3.05) is 57.6 Å². The molecule has 40 heavy (non-hydrogen) atoms. The largest absolute Gasteiger partial charge is 0.395 e. The Labute approximate surface area is 237 Å². The zero-order chi connectivity index (χ0) is 29.4. The average molecular weight is 548 g/mol. The smallest absolute Gasteiger partial charge is 0.324 e. The summed E-state index contributed by atoms with van der Waals surface area (Å²) in [6, 6.07) is 9.09. The topological polar surface area (TPSA) is 106 Å². The maximum absolute atomic E-state index is 13.5. The monoisotopic (exact) mass is 547 g/mol. The molecule has 0 aliphatic carbocycles. The van der Waals surface area contributed by atoms with Crippen molar-refractivity contribution in [2.24, 2.45) is 4.99 Å². The minimum atomic E-state index is -0.333. The van der Waals surface area contributed by atoms with Crippen molar-refractivity contribution in [1.29, 1.82) is 0 Å². The Kier molecular flexibility index (Phi) is 10.6. The number of nitrogens with zero attached hydrogens (tertiary/aromatic N) is 4. The molecule has 214 valence electrons. The highest BCUT2D eigenvalue weighted by Gasteiger charge is 2.24. The number of fused-ring (bicyclic) bond motifs is 1. The number of likely N-dealkylation sites (N-methyl/N-ethyl adjacent to an activating group) is 1. The molecule has 1 heterocycles. The first kappa shape index (κ1) is 30.6. The Morgan fingerprint density at radius 2 is 1.75 bits per heavy atom. The third-order valence-corrected chi connectivity index (χ3v) is 7.06. The molecule has 3 rings (SSSR count). The molecule has 9 nitrogen and oxygen atoms in total. The van der Waals surface area contributed by atoms with Crippen molar-refractivity contribution < 1.29 is 19.5 Å². The summed E-state index contributed by atoms with van der Waals surface area (Å²) >= 11 is 0. The van der Waals surface area contributed by atoms with Gasteiger partial charge >= 0.3 is 6.03 Å². The molecule has 9 heteroatoms. The molecule has 0 saturated carbocycles. The van der Waals surface area contributed by atoms with E-state index in [1.54, 1.807) is 27.2 Å². The van der Waals surface area contributed by atoms with Gasteiger partial charge in [0.1, 0.15) is 5.84 Å². The molecule has 1 aliphatic rings. The molecular formula is C31H41N5O4. The van der Waals surface area contributed by atoms with E-state index in [-0.39, 0.29) is 25.1 Å². The summed E-state index contributed by atoms with van der Waals surface area (Å²) in [7, 11) is 4.93. The number of benzene rings is 2. The highest BCUT2D eigenvalue weighted by molar-refractivity contribution is 6.10. The Bertz CT molecular complexity index is 1310. The number of aliphatic imine (C=N–C) groups is 1. The summed E-state index contributed by atoms with van der Waals surface area (Å²) in [6.45, 7) is 7.62. The van der Waals surface area contributed by atoms with Gasteiger partial charge in [0.2, 0.25) is 5.91 Å². The van der Waals surface area contributed by atoms with Crippen molar-refractivity contribution in [3.8, 4) is 11.1 Å². The molecule has 0 bridgehead atoms. The number of anilines is 2. The van der Waals surface area contributed by atoms with Crippen molar-refractivity contribution >= 4 is 41.5 Å². The van der Waals surface area contributed by atoms with Crippen molar-refractivity contribution in [1.82, 2.24) is 9.80 Å². The molecule has 2 aromatic rings. The second kappa shape index (κ2) is 13.9. The van der Waals surface area contributed by atoms with Crippen molar-refractivity contribution in [2.45, 2.75) is 40.0 Å². The number of aliphatic hydroxyl groups excluding tert-OH is 1. The van der Waals surface area contributed by atoms with Crippen LogP contribution in [0.5, 0.6) is 0 Å². The Morgan fingerprint density at radius 1 is 1.05 bits per heavy atom. The second-order valence-electron chi connectivity index (χ2n) is 10.1. The predicted molar refractivity (Wildman–Crippen MR) is 162 cm³/mol. The lowest BCUT2D eigenvalue weighted by Gasteiger charge is -2.26. The normalized spacial score (nSPS) is 13.6. The van der Waals surface area contributed by atoms with E-state index in [1.165, 1.54) is 9.80 Å². The van der Waals surface area contributed by atoms with Crippen LogP contribution >= 0.6 is 0 Å². The van der Waals surface area contributed by atoms with Gasteiger partial charge < -0.3 is 20.2 Å². The van der Waals surface area contributed by atoms with E-state index in [0.717, 1.165) is 47.1 Å². The second-order valence-corrected chi connectivity index (χ2v) is 10.1. The molecule has 3 amide bonds. The highest BCUT2D eigenvalue weighted by atomic mass is 16.3. The van der Waals surface area contributed by atoms with Crippen LogP contribution in [0.2, 0.25) is 0 Å². The van der Waals surface area contributed by atoms with Crippen molar-refractivity contribution in [3.05, 3.63) is 52.6 Å². The van der Waals surface area contributed by atoms with E-state index in [2.05, 4.69) is 24.2 Å². The molecule has 0 aromatic heterocycles. The zero-order valence-corrected chi connectivity index (χ0v) is 24.5. The number of carbonyl (C=O) groups excluding carboxylic acids is 3. The van der Waals surface area contributed by atoms with Crippen LogP contribution in [-0.4, -0.2) is 86.4 Å². The number of aldehydes is 1. The summed E-state index contributed by atoms with van der Waals surface area (Å²) in [4.78, 5) is 47.4. The molecule has 1 aliphatic heterocycles. The zero-order valence-electron chi connectivity index (χ0n) is 24.5.